The Labute approximate surface area is 64.9 Å². The maximum atomic E-state index is 2.21. The highest BCUT2D eigenvalue weighted by Gasteiger charge is 1.91. The van der Waals surface area contributed by atoms with Gasteiger partial charge in [0.2, 0.25) is 0 Å². The summed E-state index contributed by atoms with van der Waals surface area (Å²) < 4.78 is 1.38. The SMILES string of the molecule is Bc1ccc2sccc2c1. The first kappa shape index (κ1) is 5.99. The maximum absolute atomic E-state index is 2.21. The first-order valence-electron chi connectivity index (χ1n) is 3.30. The van der Waals surface area contributed by atoms with Crippen LogP contribution in [0.3, 0.4) is 0 Å². The van der Waals surface area contributed by atoms with E-state index in [4.69, 9.17) is 0 Å². The molecule has 1 aromatic heterocycles. The van der Waals surface area contributed by atoms with Crippen LogP contribution < -0.4 is 5.46 Å². The second-order valence-corrected chi connectivity index (χ2v) is 3.41. The Morgan fingerprint density at radius 2 is 2.10 bits per heavy atom. The highest BCUT2D eigenvalue weighted by molar-refractivity contribution is 7.17. The van der Waals surface area contributed by atoms with E-state index in [9.17, 15) is 0 Å². The normalized spacial score (nSPS) is 10.4. The van der Waals surface area contributed by atoms with Crippen LogP contribution in [0.2, 0.25) is 0 Å². The van der Waals surface area contributed by atoms with E-state index in [1.54, 1.807) is 11.3 Å². The summed E-state index contributed by atoms with van der Waals surface area (Å²) in [6.07, 6.45) is 0. The number of hydrogen-bond donors (Lipinski definition) is 0. The van der Waals surface area contributed by atoms with Crippen molar-refractivity contribution in [3.05, 3.63) is 29.6 Å². The summed E-state index contributed by atoms with van der Waals surface area (Å²) in [5.41, 5.74) is 1.34. The molecule has 0 amide bonds. The fraction of sp³-hybridized carbons (Fsp3) is 0. The Morgan fingerprint density at radius 1 is 1.20 bits per heavy atom. The van der Waals surface area contributed by atoms with Gasteiger partial charge in [0, 0.05) is 4.70 Å². The van der Waals surface area contributed by atoms with Gasteiger partial charge in [0.25, 0.3) is 0 Å². The first-order chi connectivity index (χ1) is 4.86. The van der Waals surface area contributed by atoms with Crippen LogP contribution in [-0.2, 0) is 0 Å². The molecular formula is C8H7BS. The Morgan fingerprint density at radius 3 is 3.00 bits per heavy atom. The zero-order valence-corrected chi connectivity index (χ0v) is 6.61. The molecule has 0 saturated carbocycles. The van der Waals surface area contributed by atoms with Crippen molar-refractivity contribution >= 4 is 34.7 Å². The fourth-order valence-electron chi connectivity index (χ4n) is 1.09. The van der Waals surface area contributed by atoms with Gasteiger partial charge in [-0.1, -0.05) is 17.6 Å². The molecule has 10 heavy (non-hydrogen) atoms. The summed E-state index contributed by atoms with van der Waals surface area (Å²) in [5.74, 6) is 0. The van der Waals surface area contributed by atoms with Crippen molar-refractivity contribution in [2.24, 2.45) is 0 Å². The highest BCUT2D eigenvalue weighted by Crippen LogP contribution is 2.17. The summed E-state index contributed by atoms with van der Waals surface area (Å²) in [7, 11) is 2.12. The third-order valence-electron chi connectivity index (χ3n) is 1.61. The van der Waals surface area contributed by atoms with Crippen molar-refractivity contribution < 1.29 is 0 Å². The minimum atomic E-state index is 1.34. The lowest BCUT2D eigenvalue weighted by molar-refractivity contribution is 1.94. The molecule has 48 valence electrons. The largest absolute Gasteiger partial charge is 0.144 e. The number of fused-ring (bicyclic) bond motifs is 1. The summed E-state index contributed by atoms with van der Waals surface area (Å²) >= 11 is 1.80. The van der Waals surface area contributed by atoms with Crippen LogP contribution in [0.15, 0.2) is 29.6 Å². The van der Waals surface area contributed by atoms with Gasteiger partial charge in [0.15, 0.2) is 0 Å². The molecule has 0 radical (unpaired) electrons. The topological polar surface area (TPSA) is 0 Å². The average Bonchev–Trinajstić information content (AvgIpc) is 2.33. The molecule has 0 bridgehead atoms. The van der Waals surface area contributed by atoms with E-state index in [0.29, 0.717) is 0 Å². The monoisotopic (exact) mass is 146 g/mol. The predicted molar refractivity (Wildman–Crippen MR) is 50.0 cm³/mol. The van der Waals surface area contributed by atoms with Crippen LogP contribution in [0.5, 0.6) is 0 Å². The van der Waals surface area contributed by atoms with E-state index in [2.05, 4.69) is 37.5 Å². The molecule has 0 spiro atoms. The van der Waals surface area contributed by atoms with E-state index >= 15 is 0 Å². The Balaban J connectivity index is 2.86. The van der Waals surface area contributed by atoms with Crippen LogP contribution in [-0.4, -0.2) is 7.85 Å². The average molecular weight is 146 g/mol. The van der Waals surface area contributed by atoms with Gasteiger partial charge in [-0.25, -0.2) is 0 Å². The standard InChI is InChI=1S/C8H7BS/c9-7-1-2-8-6(5-7)3-4-10-8/h1-5H,9H2. The summed E-state index contributed by atoms with van der Waals surface area (Å²) in [5, 5.41) is 3.49. The Kier molecular flexibility index (Phi) is 1.28. The van der Waals surface area contributed by atoms with E-state index in [-0.39, 0.29) is 0 Å². The van der Waals surface area contributed by atoms with Crippen molar-refractivity contribution in [1.29, 1.82) is 0 Å². The molecule has 2 heteroatoms. The Bertz CT molecular complexity index is 351. The second kappa shape index (κ2) is 2.13. The smallest absolute Gasteiger partial charge is 0.139 e. The van der Waals surface area contributed by atoms with Gasteiger partial charge in [-0.3, -0.25) is 0 Å². The lowest BCUT2D eigenvalue weighted by atomic mass is 9.95. The Hall–Kier alpha value is -0.755. The van der Waals surface area contributed by atoms with Crippen molar-refractivity contribution in [1.82, 2.24) is 0 Å². The number of hydrogen-bond acceptors (Lipinski definition) is 1. The molecule has 0 aliphatic heterocycles. The predicted octanol–water partition coefficient (Wildman–Crippen LogP) is 1.16. The van der Waals surface area contributed by atoms with Gasteiger partial charge in [-0.2, -0.15) is 0 Å². The molecule has 0 fully saturated rings. The van der Waals surface area contributed by atoms with Crippen LogP contribution in [0.4, 0.5) is 0 Å². The molecule has 2 rings (SSSR count). The van der Waals surface area contributed by atoms with Crippen molar-refractivity contribution in [3.8, 4) is 0 Å². The van der Waals surface area contributed by atoms with E-state index < -0.39 is 0 Å². The van der Waals surface area contributed by atoms with Crippen molar-refractivity contribution in [3.63, 3.8) is 0 Å². The lowest BCUT2D eigenvalue weighted by Gasteiger charge is -1.90. The van der Waals surface area contributed by atoms with E-state index in [1.165, 1.54) is 15.5 Å². The fourth-order valence-corrected chi connectivity index (χ4v) is 1.86. The third kappa shape index (κ3) is 0.849. The molecule has 0 N–H and O–H groups in total. The molecule has 0 atom stereocenters. The quantitative estimate of drug-likeness (QED) is 0.489. The molecule has 0 aliphatic rings. The summed E-state index contributed by atoms with van der Waals surface area (Å²) in [6, 6.07) is 8.70. The van der Waals surface area contributed by atoms with E-state index in [0.717, 1.165) is 0 Å². The zero-order chi connectivity index (χ0) is 6.97. The maximum Gasteiger partial charge on any atom is 0.139 e. The molecule has 1 heterocycles. The van der Waals surface area contributed by atoms with Gasteiger partial charge >= 0.3 is 0 Å². The molecule has 0 nitrogen and oxygen atoms in total. The molecule has 0 aliphatic carbocycles. The second-order valence-electron chi connectivity index (χ2n) is 2.46. The van der Waals surface area contributed by atoms with Gasteiger partial charge in [-0.15, -0.1) is 11.3 Å². The molecular weight excluding hydrogens is 139 g/mol. The number of benzene rings is 1. The first-order valence-corrected chi connectivity index (χ1v) is 4.18. The lowest BCUT2D eigenvalue weighted by Crippen LogP contribution is -1.98. The highest BCUT2D eigenvalue weighted by atomic mass is 32.1. The third-order valence-corrected chi connectivity index (χ3v) is 2.51. The van der Waals surface area contributed by atoms with Gasteiger partial charge in [0.1, 0.15) is 7.85 Å². The van der Waals surface area contributed by atoms with Crippen LogP contribution in [0.25, 0.3) is 10.1 Å². The minimum absolute atomic E-state index is 1.34. The molecule has 0 saturated heterocycles. The van der Waals surface area contributed by atoms with Gasteiger partial charge in [-0.05, 0) is 22.9 Å². The summed E-state index contributed by atoms with van der Waals surface area (Å²) in [6.45, 7) is 0. The van der Waals surface area contributed by atoms with Crippen LogP contribution in [0, 0.1) is 0 Å². The number of rotatable bonds is 0. The zero-order valence-electron chi connectivity index (χ0n) is 5.79. The molecule has 0 unspecified atom stereocenters. The van der Waals surface area contributed by atoms with Crippen LogP contribution >= 0.6 is 11.3 Å². The molecule has 1 aromatic carbocycles. The molecule has 2 aromatic rings. The van der Waals surface area contributed by atoms with Crippen LogP contribution in [0.1, 0.15) is 0 Å². The van der Waals surface area contributed by atoms with Crippen molar-refractivity contribution in [2.45, 2.75) is 0 Å². The van der Waals surface area contributed by atoms with E-state index in [1.807, 2.05) is 0 Å². The van der Waals surface area contributed by atoms with Gasteiger partial charge < -0.3 is 0 Å². The number of thiophene rings is 1. The summed E-state index contributed by atoms with van der Waals surface area (Å²) in [4.78, 5) is 0. The minimum Gasteiger partial charge on any atom is -0.144 e. The van der Waals surface area contributed by atoms with Crippen molar-refractivity contribution in [2.75, 3.05) is 0 Å². The van der Waals surface area contributed by atoms with Gasteiger partial charge in [0.05, 0.1) is 0 Å².